The number of hydrogen-bond donors (Lipinski definition) is 1. The van der Waals surface area contributed by atoms with Gasteiger partial charge in [-0.1, -0.05) is 43.3 Å². The number of ether oxygens (including phenoxy) is 1. The number of carbonyl (C=O) groups excluding carboxylic acids is 1. The van der Waals surface area contributed by atoms with E-state index in [9.17, 15) is 4.79 Å². The molecule has 1 saturated heterocycles. The summed E-state index contributed by atoms with van der Waals surface area (Å²) in [4.78, 5) is 17.7. The number of nitrogens with one attached hydrogen (secondary N) is 1. The van der Waals surface area contributed by atoms with E-state index in [1.54, 1.807) is 0 Å². The summed E-state index contributed by atoms with van der Waals surface area (Å²) in [5.41, 5.74) is 7.42. The van der Waals surface area contributed by atoms with Gasteiger partial charge < -0.3 is 9.64 Å². The molecule has 5 nitrogen and oxygen atoms in total. The summed E-state index contributed by atoms with van der Waals surface area (Å²) in [7, 11) is 2.19. The monoisotopic (exact) mass is 467 g/mol. The molecule has 3 aromatic carbocycles. The topological polar surface area (TPSA) is 44.8 Å². The van der Waals surface area contributed by atoms with Gasteiger partial charge in [0.05, 0.1) is 6.17 Å². The quantitative estimate of drug-likeness (QED) is 0.518. The number of likely N-dealkylation sites (tertiary alicyclic amines) is 1. The maximum absolute atomic E-state index is 12.7. The van der Waals surface area contributed by atoms with E-state index in [-0.39, 0.29) is 5.41 Å². The zero-order chi connectivity index (χ0) is 24.0. The molecule has 1 fully saturated rings. The first kappa shape index (κ1) is 22.2. The normalized spacial score (nSPS) is 22.6. The van der Waals surface area contributed by atoms with E-state index >= 15 is 0 Å². The predicted molar refractivity (Wildman–Crippen MR) is 140 cm³/mol. The maximum atomic E-state index is 12.7. The van der Waals surface area contributed by atoms with Gasteiger partial charge in [0.1, 0.15) is 5.75 Å². The summed E-state index contributed by atoms with van der Waals surface area (Å²) in [6, 6.07) is 23.0. The highest BCUT2D eigenvalue weighted by Crippen LogP contribution is 2.52. The van der Waals surface area contributed by atoms with Crippen LogP contribution < -0.4 is 15.0 Å². The Balaban J connectivity index is 1.16. The van der Waals surface area contributed by atoms with Gasteiger partial charge in [0.25, 0.3) is 0 Å². The average molecular weight is 468 g/mol. The third-order valence-electron chi connectivity index (χ3n) is 8.25. The zero-order valence-electron chi connectivity index (χ0n) is 20.6. The highest BCUT2D eigenvalue weighted by atomic mass is 16.6. The molecule has 2 aliphatic heterocycles. The smallest absolute Gasteiger partial charge is 0.410 e. The lowest BCUT2D eigenvalue weighted by molar-refractivity contribution is 0.215. The number of likely N-dealkylation sites (N-methyl/N-ethyl adjacent to an activating group) is 1. The fourth-order valence-corrected chi connectivity index (χ4v) is 6.50. The Kier molecular flexibility index (Phi) is 5.53. The van der Waals surface area contributed by atoms with Gasteiger partial charge in [0.2, 0.25) is 0 Å². The molecule has 1 unspecified atom stereocenters. The molecule has 2 heterocycles. The van der Waals surface area contributed by atoms with Crippen LogP contribution in [-0.4, -0.2) is 37.3 Å². The number of benzene rings is 3. The van der Waals surface area contributed by atoms with Gasteiger partial charge in [-0.15, -0.1) is 0 Å². The van der Waals surface area contributed by atoms with Crippen molar-refractivity contribution in [3.8, 4) is 5.75 Å². The Labute approximate surface area is 207 Å². The van der Waals surface area contributed by atoms with Crippen LogP contribution in [0.3, 0.4) is 0 Å². The molecule has 2 atom stereocenters. The summed E-state index contributed by atoms with van der Waals surface area (Å²) in [5.74, 6) is 0.598. The van der Waals surface area contributed by atoms with E-state index in [1.165, 1.54) is 34.4 Å². The lowest BCUT2D eigenvalue weighted by atomic mass is 9.81. The van der Waals surface area contributed by atoms with Crippen molar-refractivity contribution < 1.29 is 9.53 Å². The van der Waals surface area contributed by atoms with Crippen molar-refractivity contribution in [3.63, 3.8) is 0 Å². The van der Waals surface area contributed by atoms with Crippen molar-refractivity contribution in [1.29, 1.82) is 0 Å². The number of nitrogens with zero attached hydrogens (tertiary/aromatic N) is 2. The molecule has 0 spiro atoms. The van der Waals surface area contributed by atoms with Gasteiger partial charge in [0, 0.05) is 36.9 Å². The second kappa shape index (κ2) is 8.72. The molecule has 3 aliphatic rings. The highest BCUT2D eigenvalue weighted by Gasteiger charge is 2.53. The fraction of sp³-hybridized carbons (Fsp3) is 0.367. The van der Waals surface area contributed by atoms with Crippen molar-refractivity contribution >= 4 is 17.5 Å². The standard InChI is InChI=1S/C30H33N3O2/c1-30-16-18-33(17-15-21-7-4-3-5-8-21)28(30)32(2)27-14-13-25(20-26(27)30)35-29(34)31-24-12-11-22-9-6-10-23(22)19-24/h3-5,7-8,11-14,19-20,28H,6,9-10,15-18H2,1-2H3,(H,31,34)/t28?,30-/m0/s1. The van der Waals surface area contributed by atoms with Crippen LogP contribution in [0.1, 0.15) is 42.0 Å². The summed E-state index contributed by atoms with van der Waals surface area (Å²) >= 11 is 0. The zero-order valence-corrected chi connectivity index (χ0v) is 20.6. The molecule has 0 bridgehead atoms. The van der Waals surface area contributed by atoms with Crippen molar-refractivity contribution in [2.45, 2.75) is 50.6 Å². The molecule has 6 rings (SSSR count). The predicted octanol–water partition coefficient (Wildman–Crippen LogP) is 5.77. The Morgan fingerprint density at radius 2 is 1.89 bits per heavy atom. The lowest BCUT2D eigenvalue weighted by Gasteiger charge is -2.34. The molecule has 1 aliphatic carbocycles. The third kappa shape index (κ3) is 3.98. The molecule has 0 aromatic heterocycles. The molecular weight excluding hydrogens is 434 g/mol. The van der Waals surface area contributed by atoms with Crippen LogP contribution >= 0.6 is 0 Å². The molecule has 0 radical (unpaired) electrons. The van der Waals surface area contributed by atoms with E-state index in [4.69, 9.17) is 4.74 Å². The Morgan fingerprint density at radius 1 is 1.06 bits per heavy atom. The van der Waals surface area contributed by atoms with E-state index in [1.807, 2.05) is 12.1 Å². The number of anilines is 2. The number of fused-ring (bicyclic) bond motifs is 4. The van der Waals surface area contributed by atoms with Gasteiger partial charge >= 0.3 is 6.09 Å². The van der Waals surface area contributed by atoms with Crippen LogP contribution in [0.2, 0.25) is 0 Å². The maximum Gasteiger partial charge on any atom is 0.417 e. The second-order valence-corrected chi connectivity index (χ2v) is 10.5. The van der Waals surface area contributed by atoms with Gasteiger partial charge in [-0.2, -0.15) is 0 Å². The Morgan fingerprint density at radius 3 is 2.74 bits per heavy atom. The largest absolute Gasteiger partial charge is 0.417 e. The van der Waals surface area contributed by atoms with Crippen molar-refractivity contribution in [2.24, 2.45) is 0 Å². The van der Waals surface area contributed by atoms with Crippen LogP contribution in [0.25, 0.3) is 0 Å². The molecule has 1 amide bonds. The summed E-state index contributed by atoms with van der Waals surface area (Å²) < 4.78 is 5.74. The first-order valence-corrected chi connectivity index (χ1v) is 12.8. The average Bonchev–Trinajstić information content (AvgIpc) is 3.52. The molecular formula is C30H33N3O2. The van der Waals surface area contributed by atoms with Crippen LogP contribution in [0.5, 0.6) is 5.75 Å². The number of rotatable bonds is 5. The molecule has 35 heavy (non-hydrogen) atoms. The molecule has 5 heteroatoms. The number of hydrogen-bond acceptors (Lipinski definition) is 4. The number of amides is 1. The van der Waals surface area contributed by atoms with E-state index < -0.39 is 6.09 Å². The summed E-state index contributed by atoms with van der Waals surface area (Å²) in [5, 5.41) is 2.91. The van der Waals surface area contributed by atoms with Gasteiger partial charge in [-0.25, -0.2) is 4.79 Å². The van der Waals surface area contributed by atoms with Crippen LogP contribution in [0.4, 0.5) is 16.2 Å². The lowest BCUT2D eigenvalue weighted by Crippen LogP contribution is -2.47. The van der Waals surface area contributed by atoms with Crippen molar-refractivity contribution in [3.05, 3.63) is 89.0 Å². The third-order valence-corrected chi connectivity index (χ3v) is 8.25. The van der Waals surface area contributed by atoms with Gasteiger partial charge in [-0.05, 0) is 84.7 Å². The minimum absolute atomic E-state index is 0.0105. The van der Waals surface area contributed by atoms with Crippen LogP contribution in [-0.2, 0) is 24.7 Å². The van der Waals surface area contributed by atoms with E-state index in [2.05, 4.69) is 83.7 Å². The molecule has 180 valence electrons. The number of aryl methyl sites for hydroxylation is 2. The van der Waals surface area contributed by atoms with Crippen LogP contribution in [0.15, 0.2) is 66.7 Å². The van der Waals surface area contributed by atoms with Crippen molar-refractivity contribution in [2.75, 3.05) is 30.4 Å². The van der Waals surface area contributed by atoms with Crippen LogP contribution in [0, 0.1) is 0 Å². The fourth-order valence-electron chi connectivity index (χ4n) is 6.50. The molecule has 3 aromatic rings. The summed E-state index contributed by atoms with van der Waals surface area (Å²) in [6.07, 6.45) is 5.43. The Hall–Kier alpha value is -3.31. The SMILES string of the molecule is CN1c2ccc(OC(=O)Nc3ccc4c(c3)CCC4)cc2[C@]2(C)CCN(CCc3ccccc3)C12. The van der Waals surface area contributed by atoms with Gasteiger partial charge in [-0.3, -0.25) is 10.2 Å². The Bertz CT molecular complexity index is 1260. The number of carbonyl (C=O) groups is 1. The minimum Gasteiger partial charge on any atom is -0.410 e. The van der Waals surface area contributed by atoms with E-state index in [0.29, 0.717) is 11.9 Å². The van der Waals surface area contributed by atoms with E-state index in [0.717, 1.165) is 44.5 Å². The first-order valence-electron chi connectivity index (χ1n) is 12.8. The second-order valence-electron chi connectivity index (χ2n) is 10.5. The molecule has 1 N–H and O–H groups in total. The van der Waals surface area contributed by atoms with Gasteiger partial charge in [0.15, 0.2) is 0 Å². The minimum atomic E-state index is -0.438. The summed E-state index contributed by atoms with van der Waals surface area (Å²) in [6.45, 7) is 4.47. The highest BCUT2D eigenvalue weighted by molar-refractivity contribution is 5.86. The molecule has 0 saturated carbocycles. The van der Waals surface area contributed by atoms with Crippen molar-refractivity contribution in [1.82, 2.24) is 4.90 Å². The first-order chi connectivity index (χ1) is 17.0.